The van der Waals surface area contributed by atoms with Gasteiger partial charge in [0, 0.05) is 35.1 Å². The summed E-state index contributed by atoms with van der Waals surface area (Å²) in [5.41, 5.74) is 5.84. The summed E-state index contributed by atoms with van der Waals surface area (Å²) in [6, 6.07) is 16.8. The van der Waals surface area contributed by atoms with Gasteiger partial charge in [-0.2, -0.15) is 0 Å². The molecule has 0 aliphatic carbocycles. The summed E-state index contributed by atoms with van der Waals surface area (Å²) < 4.78 is 3.40. The summed E-state index contributed by atoms with van der Waals surface area (Å²) in [4.78, 5) is 9.17. The van der Waals surface area contributed by atoms with Crippen LogP contribution in [0, 0.1) is 13.8 Å². The molecule has 2 atom stereocenters. The van der Waals surface area contributed by atoms with Gasteiger partial charge in [0.25, 0.3) is 0 Å². The molecule has 2 aromatic heterocycles. The monoisotopic (exact) mass is 497 g/mol. The molecule has 0 unspecified atom stereocenters. The first-order chi connectivity index (χ1) is 14.9. The highest BCUT2D eigenvalue weighted by Crippen LogP contribution is 2.41. The second-order valence-electron chi connectivity index (χ2n) is 8.24. The third-order valence-corrected chi connectivity index (χ3v) is 6.89. The van der Waals surface area contributed by atoms with Crippen molar-refractivity contribution in [3.05, 3.63) is 81.8 Å². The molecule has 0 amide bonds. The number of aryl methyl sites for hydroxylation is 1. The molecule has 4 rings (SSSR count). The number of hydrogen-bond donors (Lipinski definition) is 1. The van der Waals surface area contributed by atoms with Gasteiger partial charge in [-0.1, -0.05) is 18.2 Å². The smallest absolute Gasteiger partial charge is 0.170 e. The van der Waals surface area contributed by atoms with Gasteiger partial charge in [0.2, 0.25) is 0 Å². The molecular formula is C24H28BrN5S. The Morgan fingerprint density at radius 3 is 2.55 bits per heavy atom. The molecule has 1 aliphatic rings. The van der Waals surface area contributed by atoms with Gasteiger partial charge in [0.05, 0.1) is 23.5 Å². The molecule has 1 aromatic carbocycles. The van der Waals surface area contributed by atoms with Gasteiger partial charge in [-0.25, -0.2) is 0 Å². The summed E-state index contributed by atoms with van der Waals surface area (Å²) >= 11 is 9.52. The van der Waals surface area contributed by atoms with Crippen LogP contribution in [-0.2, 0) is 0 Å². The van der Waals surface area contributed by atoms with E-state index in [1.54, 1.807) is 0 Å². The van der Waals surface area contributed by atoms with Crippen LogP contribution in [-0.4, -0.2) is 51.6 Å². The summed E-state index contributed by atoms with van der Waals surface area (Å²) in [7, 11) is 4.19. The average molecular weight is 498 g/mol. The first-order valence-corrected chi connectivity index (χ1v) is 11.6. The molecule has 0 bridgehead atoms. The van der Waals surface area contributed by atoms with Gasteiger partial charge in [-0.15, -0.1) is 0 Å². The third kappa shape index (κ3) is 4.27. The van der Waals surface area contributed by atoms with Crippen LogP contribution < -0.4 is 5.32 Å². The van der Waals surface area contributed by atoms with Gasteiger partial charge in [0.15, 0.2) is 5.11 Å². The Morgan fingerprint density at radius 1 is 1.13 bits per heavy atom. The Labute approximate surface area is 198 Å². The Hall–Kier alpha value is -2.22. The quantitative estimate of drug-likeness (QED) is 0.495. The molecule has 0 spiro atoms. The fourth-order valence-electron chi connectivity index (χ4n) is 4.38. The van der Waals surface area contributed by atoms with E-state index >= 15 is 0 Å². The molecule has 1 aliphatic heterocycles. The van der Waals surface area contributed by atoms with Crippen molar-refractivity contribution >= 4 is 33.3 Å². The lowest BCUT2D eigenvalue weighted by Gasteiger charge is -2.29. The van der Waals surface area contributed by atoms with Crippen molar-refractivity contribution < 1.29 is 0 Å². The van der Waals surface area contributed by atoms with E-state index in [-0.39, 0.29) is 12.1 Å². The van der Waals surface area contributed by atoms with Gasteiger partial charge < -0.3 is 19.7 Å². The lowest BCUT2D eigenvalue weighted by Crippen LogP contribution is -2.35. The summed E-state index contributed by atoms with van der Waals surface area (Å²) in [6.07, 6.45) is 1.85. The van der Waals surface area contributed by atoms with Crippen molar-refractivity contribution in [2.45, 2.75) is 25.9 Å². The van der Waals surface area contributed by atoms with Gasteiger partial charge in [-0.05, 0) is 92.0 Å². The molecule has 162 valence electrons. The van der Waals surface area contributed by atoms with E-state index in [0.717, 1.165) is 34.1 Å². The van der Waals surface area contributed by atoms with Crippen molar-refractivity contribution in [1.82, 2.24) is 24.7 Å². The van der Waals surface area contributed by atoms with E-state index in [1.807, 2.05) is 24.4 Å². The minimum atomic E-state index is 0.00373. The van der Waals surface area contributed by atoms with Crippen molar-refractivity contribution in [3.8, 4) is 5.69 Å². The van der Waals surface area contributed by atoms with Gasteiger partial charge in [-0.3, -0.25) is 4.98 Å². The second-order valence-corrected chi connectivity index (χ2v) is 9.48. The molecule has 1 N–H and O–H groups in total. The van der Waals surface area contributed by atoms with Crippen LogP contribution in [0.4, 0.5) is 0 Å². The number of pyridine rings is 1. The Morgan fingerprint density at radius 2 is 1.87 bits per heavy atom. The maximum Gasteiger partial charge on any atom is 0.170 e. The first kappa shape index (κ1) is 22.0. The zero-order valence-electron chi connectivity index (χ0n) is 18.3. The normalized spacial score (nSPS) is 18.6. The van der Waals surface area contributed by atoms with Crippen LogP contribution in [0.2, 0.25) is 0 Å². The van der Waals surface area contributed by atoms with Crippen molar-refractivity contribution in [3.63, 3.8) is 0 Å². The average Bonchev–Trinajstić information content (AvgIpc) is 3.23. The van der Waals surface area contributed by atoms with Crippen molar-refractivity contribution in [1.29, 1.82) is 0 Å². The first-order valence-electron chi connectivity index (χ1n) is 10.4. The van der Waals surface area contributed by atoms with Crippen LogP contribution in [0.5, 0.6) is 0 Å². The number of likely N-dealkylation sites (N-methyl/N-ethyl adjacent to an activating group) is 1. The SMILES string of the molecule is Cc1cc([C@H]2[C@@H](c3ccccn3)NC(=S)N2CCN(C)C)c(C)n1-c1ccccc1Br. The van der Waals surface area contributed by atoms with Crippen molar-refractivity contribution in [2.24, 2.45) is 0 Å². The predicted octanol–water partition coefficient (Wildman–Crippen LogP) is 4.79. The van der Waals surface area contributed by atoms with E-state index in [0.29, 0.717) is 0 Å². The number of nitrogens with zero attached hydrogens (tertiary/aromatic N) is 4. The largest absolute Gasteiger partial charge is 0.352 e. The topological polar surface area (TPSA) is 36.3 Å². The maximum atomic E-state index is 5.80. The number of rotatable bonds is 6. The van der Waals surface area contributed by atoms with Crippen LogP contribution in [0.1, 0.15) is 34.7 Å². The maximum absolute atomic E-state index is 5.80. The van der Waals surface area contributed by atoms with Gasteiger partial charge >= 0.3 is 0 Å². The lowest BCUT2D eigenvalue weighted by atomic mass is 9.97. The zero-order valence-corrected chi connectivity index (χ0v) is 20.7. The standard InChI is InChI=1S/C24H28BrN5S/c1-16-15-18(17(2)30(16)21-11-6-5-9-19(21)25)23-22(20-10-7-8-12-26-20)27-24(31)29(23)14-13-28(3)4/h5-12,15,22-23H,13-14H2,1-4H3,(H,27,31)/t22-,23+/m1/s1. The molecule has 3 heterocycles. The van der Waals surface area contributed by atoms with Crippen molar-refractivity contribution in [2.75, 3.05) is 27.2 Å². The predicted molar refractivity (Wildman–Crippen MR) is 134 cm³/mol. The highest BCUT2D eigenvalue weighted by molar-refractivity contribution is 9.10. The Balaban J connectivity index is 1.82. The highest BCUT2D eigenvalue weighted by atomic mass is 79.9. The number of hydrogen-bond acceptors (Lipinski definition) is 3. The minimum absolute atomic E-state index is 0.00373. The fourth-order valence-corrected chi connectivity index (χ4v) is 5.18. The lowest BCUT2D eigenvalue weighted by molar-refractivity contribution is 0.277. The molecule has 3 aromatic rings. The number of aromatic nitrogens is 2. The zero-order chi connectivity index (χ0) is 22.1. The van der Waals surface area contributed by atoms with E-state index < -0.39 is 0 Å². The van der Waals surface area contributed by atoms with E-state index in [2.05, 4.69) is 98.9 Å². The highest BCUT2D eigenvalue weighted by Gasteiger charge is 2.41. The third-order valence-electron chi connectivity index (χ3n) is 5.87. The molecule has 1 fully saturated rings. The molecule has 0 radical (unpaired) electrons. The number of para-hydroxylation sites is 1. The van der Waals surface area contributed by atoms with E-state index in [4.69, 9.17) is 12.2 Å². The van der Waals surface area contributed by atoms with Crippen LogP contribution in [0.15, 0.2) is 59.2 Å². The molecule has 0 saturated carbocycles. The second kappa shape index (κ2) is 9.10. The Kier molecular flexibility index (Phi) is 6.46. The number of nitrogens with one attached hydrogen (secondary N) is 1. The number of thiocarbonyl (C=S) groups is 1. The summed E-state index contributed by atoms with van der Waals surface area (Å²) in [6.45, 7) is 6.14. The Bertz CT molecular complexity index is 1080. The van der Waals surface area contributed by atoms with Crippen LogP contribution in [0.25, 0.3) is 5.69 Å². The van der Waals surface area contributed by atoms with E-state index in [9.17, 15) is 0 Å². The molecular weight excluding hydrogens is 470 g/mol. The number of benzene rings is 1. The molecule has 7 heteroatoms. The molecule has 31 heavy (non-hydrogen) atoms. The summed E-state index contributed by atoms with van der Waals surface area (Å²) in [5, 5.41) is 4.34. The number of halogens is 1. The summed E-state index contributed by atoms with van der Waals surface area (Å²) in [5.74, 6) is 0. The van der Waals surface area contributed by atoms with Crippen LogP contribution in [0.3, 0.4) is 0 Å². The molecule has 5 nitrogen and oxygen atoms in total. The fraction of sp³-hybridized carbons (Fsp3) is 0.333. The van der Waals surface area contributed by atoms with Gasteiger partial charge in [0.1, 0.15) is 0 Å². The van der Waals surface area contributed by atoms with Crippen LogP contribution >= 0.6 is 28.1 Å². The molecule has 1 saturated heterocycles. The minimum Gasteiger partial charge on any atom is -0.352 e. The van der Waals surface area contributed by atoms with E-state index in [1.165, 1.54) is 17.0 Å².